The van der Waals surface area contributed by atoms with E-state index >= 15 is 0 Å². The lowest BCUT2D eigenvalue weighted by Gasteiger charge is -2.17. The van der Waals surface area contributed by atoms with Gasteiger partial charge in [-0.1, -0.05) is 184 Å². The number of carbonyl (C=O) groups is 18. The topological polar surface area (TPSA) is 546 Å². The Morgan fingerprint density at radius 3 is 1.00 bits per heavy atom. The van der Waals surface area contributed by atoms with Crippen molar-refractivity contribution in [1.82, 2.24) is 37.2 Å². The van der Waals surface area contributed by atoms with E-state index in [9.17, 15) is 107 Å². The van der Waals surface area contributed by atoms with Crippen LogP contribution in [0.4, 0.5) is 0 Å². The Labute approximate surface area is 838 Å². The number of carboxylic acid groups (broad SMARTS) is 4. The van der Waals surface area contributed by atoms with Crippen LogP contribution in [0.2, 0.25) is 0 Å². The lowest BCUT2D eigenvalue weighted by molar-refractivity contribution is -0.144. The molecule has 7 amide bonds. The molecule has 0 unspecified atom stereocenters. The molecule has 0 spiro atoms. The molecule has 6 atom stereocenters. The summed E-state index contributed by atoms with van der Waals surface area (Å²) in [7, 11) is 0. The summed E-state index contributed by atoms with van der Waals surface area (Å²) in [4.78, 5) is 222. The van der Waals surface area contributed by atoms with Gasteiger partial charge in [-0.25, -0.2) is 9.59 Å². The fourth-order valence-corrected chi connectivity index (χ4v) is 15.4. The molecule has 0 fully saturated rings. The van der Waals surface area contributed by atoms with Gasteiger partial charge >= 0.3 is 23.9 Å². The SMILES string of the molecule is CCC(=O)[C@H](CCCCNC(=O)COCCOCCNC(=O)COCCOCCCC(=O)CC[C@H](NC(=O)CCCCCCCCCCCCC(=O)CC[C@H](CC(=O)Cc1ccccc1)C(=O)O)C(=O)O)CC(=O)[C@@H](C)CCCCNC(=O)COCCOCCCC(=O)COCCOCCNC(=O)CC[C@H](NC(=O)CCCCCCCCCCCNC(=O)CC[C@H](CC(=O)Cc1ccccc1)C(=O)O)C(=O)O. The molecule has 0 aliphatic heterocycles. The molecule has 2 rings (SSSR count). The molecular formula is C105H167N7O30. The molecule has 0 aliphatic rings. The average molecular weight is 2010 g/mol. The summed E-state index contributed by atoms with van der Waals surface area (Å²) in [6.07, 6.45) is 23.9. The number of nitrogens with one attached hydrogen (secondary N) is 7. The van der Waals surface area contributed by atoms with E-state index in [1.807, 2.05) is 67.6 Å². The summed E-state index contributed by atoms with van der Waals surface area (Å²) in [5, 5.41) is 57.3. The number of carboxylic acids is 4. The summed E-state index contributed by atoms with van der Waals surface area (Å²) < 4.78 is 43.5. The molecule has 11 N–H and O–H groups in total. The number of hydrogen-bond donors (Lipinski definition) is 11. The average Bonchev–Trinajstić information content (AvgIpc) is 0.909. The molecule has 2 aromatic rings. The van der Waals surface area contributed by atoms with Crippen LogP contribution < -0.4 is 37.2 Å². The molecule has 37 heteroatoms. The van der Waals surface area contributed by atoms with E-state index in [0.717, 1.165) is 120 Å². The van der Waals surface area contributed by atoms with E-state index in [0.29, 0.717) is 103 Å². The molecular weight excluding hydrogens is 1840 g/mol. The molecule has 0 aromatic heterocycles. The first-order valence-corrected chi connectivity index (χ1v) is 51.7. The molecule has 142 heavy (non-hydrogen) atoms. The van der Waals surface area contributed by atoms with Crippen molar-refractivity contribution in [2.45, 2.75) is 321 Å². The zero-order valence-electron chi connectivity index (χ0n) is 84.5. The van der Waals surface area contributed by atoms with Gasteiger partial charge < -0.3 is 95.5 Å². The smallest absolute Gasteiger partial charge is 0.326 e. The van der Waals surface area contributed by atoms with Crippen molar-refractivity contribution in [3.8, 4) is 0 Å². The molecule has 0 heterocycles. The fourth-order valence-electron chi connectivity index (χ4n) is 15.4. The second-order valence-electron chi connectivity index (χ2n) is 36.2. The highest BCUT2D eigenvalue weighted by molar-refractivity contribution is 5.90. The largest absolute Gasteiger partial charge is 0.481 e. The third-order valence-electron chi connectivity index (χ3n) is 23.8. The number of ketones is 7. The Bertz CT molecular complexity index is 3910. The van der Waals surface area contributed by atoms with Gasteiger partial charge in [-0.15, -0.1) is 0 Å². The van der Waals surface area contributed by atoms with Gasteiger partial charge in [0.1, 0.15) is 73.2 Å². The third kappa shape index (κ3) is 74.8. The van der Waals surface area contributed by atoms with E-state index in [1.54, 1.807) is 6.92 Å². The fraction of sp³-hybridized carbons (Fsp3) is 0.714. The number of amides is 7. The number of rotatable bonds is 100. The minimum atomic E-state index is -1.23. The Balaban J connectivity index is 1.34. The van der Waals surface area contributed by atoms with Crippen molar-refractivity contribution >= 4 is 106 Å². The standard InChI is InChI=1S/C105H167N7O30/c1-3-93(118)83(40-29-32-56-108-100(125)78-142-70-66-138-62-58-110-101(126)79-141-69-63-135-59-33-42-87(114)49-50-91(104(131)132)111-97(122)44-26-16-12-8-5-4-7-11-15-25-41-86(113)48-46-84(102(127)128)73-89(116)71-81-36-21-19-22-37-81)75-94(119)80(2)35-28-31-55-107-99(124)77-140-68-64-136-60-34-43-88(115)76-139-67-65-137-61-57-109-96(121)53-51-92(105(133)134)112-98(123)45-27-17-13-9-6-10-14-18-30-54-106-95(120)52-47-85(103(129)130)74-90(117)72-82-38-23-20-24-39-82/h19-24,36-39,80,83-85,91-92H,3-18,25-35,40-79H2,1-2H3,(H,106,120)(H,107,124)(H,108,125)(H,109,121)(H,110,126)(H,111,122)(H,112,123)(H,127,128)(H,129,130)(H,131,132)(H,133,134)/t80-,83+,84+,85+,91-,92-/m0/s1. The quantitative estimate of drug-likeness (QED) is 0.0274. The zero-order chi connectivity index (χ0) is 104. The number of ether oxygens (including phenoxy) is 8. The third-order valence-corrected chi connectivity index (χ3v) is 23.8. The first-order valence-electron chi connectivity index (χ1n) is 51.7. The van der Waals surface area contributed by atoms with Crippen LogP contribution in [-0.2, 0) is 137 Å². The van der Waals surface area contributed by atoms with Crippen LogP contribution in [0.15, 0.2) is 60.7 Å². The minimum Gasteiger partial charge on any atom is -0.481 e. The molecule has 0 bridgehead atoms. The van der Waals surface area contributed by atoms with Gasteiger partial charge in [-0.3, -0.25) is 76.7 Å². The van der Waals surface area contributed by atoms with Crippen LogP contribution in [0, 0.1) is 23.7 Å². The van der Waals surface area contributed by atoms with Crippen LogP contribution in [0.25, 0.3) is 0 Å². The van der Waals surface area contributed by atoms with E-state index in [1.165, 1.54) is 0 Å². The van der Waals surface area contributed by atoms with Gasteiger partial charge in [0.05, 0.1) is 77.9 Å². The minimum absolute atomic E-state index is 0.00931. The van der Waals surface area contributed by atoms with Crippen molar-refractivity contribution in [3.63, 3.8) is 0 Å². The molecule has 0 saturated carbocycles. The number of Topliss-reactive ketones (excluding diaryl/α,β-unsaturated/α-hetero) is 7. The van der Waals surface area contributed by atoms with Gasteiger partial charge in [0.15, 0.2) is 5.78 Å². The second kappa shape index (κ2) is 86.5. The number of benzene rings is 2. The van der Waals surface area contributed by atoms with Crippen molar-refractivity contribution < 1.29 is 145 Å². The highest BCUT2D eigenvalue weighted by Gasteiger charge is 2.28. The van der Waals surface area contributed by atoms with Crippen LogP contribution in [0.1, 0.15) is 307 Å². The molecule has 0 aliphatic carbocycles. The van der Waals surface area contributed by atoms with Crippen molar-refractivity contribution in [3.05, 3.63) is 71.8 Å². The Kier molecular flexibility index (Phi) is 78.0. The van der Waals surface area contributed by atoms with Crippen LogP contribution in [0.3, 0.4) is 0 Å². The summed E-state index contributed by atoms with van der Waals surface area (Å²) in [5.41, 5.74) is 1.66. The van der Waals surface area contributed by atoms with Crippen molar-refractivity contribution in [2.24, 2.45) is 23.7 Å². The van der Waals surface area contributed by atoms with Crippen LogP contribution in [-0.4, -0.2) is 277 Å². The maximum atomic E-state index is 13.2. The number of hydrogen-bond acceptors (Lipinski definition) is 26. The van der Waals surface area contributed by atoms with Gasteiger partial charge in [0.2, 0.25) is 41.4 Å². The number of unbranched alkanes of at least 4 members (excludes halogenated alkanes) is 19. The molecule has 802 valence electrons. The number of carbonyl (C=O) groups excluding carboxylic acids is 14. The van der Waals surface area contributed by atoms with E-state index in [-0.39, 0.29) is 297 Å². The van der Waals surface area contributed by atoms with E-state index in [4.69, 9.17) is 37.9 Å². The number of aliphatic carboxylic acids is 4. The maximum absolute atomic E-state index is 13.2. The summed E-state index contributed by atoms with van der Waals surface area (Å²) >= 11 is 0. The maximum Gasteiger partial charge on any atom is 0.326 e. The van der Waals surface area contributed by atoms with Gasteiger partial charge in [0.25, 0.3) is 0 Å². The normalized spacial score (nSPS) is 12.5. The first kappa shape index (κ1) is 128. The predicted molar refractivity (Wildman–Crippen MR) is 530 cm³/mol. The zero-order valence-corrected chi connectivity index (χ0v) is 84.5. The summed E-state index contributed by atoms with van der Waals surface area (Å²) in [6.45, 7) is 6.94. The Morgan fingerprint density at radius 2 is 0.577 bits per heavy atom. The second-order valence-corrected chi connectivity index (χ2v) is 36.2. The van der Waals surface area contributed by atoms with Crippen molar-refractivity contribution in [2.75, 3.05) is 138 Å². The summed E-state index contributed by atoms with van der Waals surface area (Å²) in [5.74, 6) is -9.91. The van der Waals surface area contributed by atoms with Crippen molar-refractivity contribution in [1.29, 1.82) is 0 Å². The monoisotopic (exact) mass is 2010 g/mol. The Hall–Kier alpha value is -10.0. The summed E-state index contributed by atoms with van der Waals surface area (Å²) in [6, 6.07) is 15.9. The molecule has 2 aromatic carbocycles. The highest BCUT2D eigenvalue weighted by Crippen LogP contribution is 2.24. The highest BCUT2D eigenvalue weighted by atomic mass is 16.5. The lowest BCUT2D eigenvalue weighted by Crippen LogP contribution is -2.41. The van der Waals surface area contributed by atoms with Gasteiger partial charge in [0, 0.05) is 154 Å². The van der Waals surface area contributed by atoms with Gasteiger partial charge in [-0.05, 0) is 101 Å². The molecule has 0 saturated heterocycles. The molecule has 37 nitrogen and oxygen atoms in total. The molecule has 0 radical (unpaired) electrons. The predicted octanol–water partition coefficient (Wildman–Crippen LogP) is 11.1. The van der Waals surface area contributed by atoms with E-state index < -0.39 is 65.5 Å². The first-order chi connectivity index (χ1) is 68.5. The Morgan fingerprint density at radius 1 is 0.254 bits per heavy atom. The lowest BCUT2D eigenvalue weighted by atomic mass is 9.86. The van der Waals surface area contributed by atoms with Crippen LogP contribution >= 0.6 is 0 Å². The van der Waals surface area contributed by atoms with E-state index in [2.05, 4.69) is 37.2 Å². The van der Waals surface area contributed by atoms with Gasteiger partial charge in [-0.2, -0.15) is 0 Å². The van der Waals surface area contributed by atoms with Crippen LogP contribution in [0.5, 0.6) is 0 Å².